The molecule has 0 aliphatic carbocycles. The van der Waals surface area contributed by atoms with E-state index in [2.05, 4.69) is 10.2 Å². The summed E-state index contributed by atoms with van der Waals surface area (Å²) >= 11 is 0. The van der Waals surface area contributed by atoms with E-state index in [1.807, 2.05) is 0 Å². The molecule has 0 spiro atoms. The Morgan fingerprint density at radius 1 is 1.44 bits per heavy atom. The van der Waals surface area contributed by atoms with Crippen molar-refractivity contribution in [1.29, 1.82) is 0 Å². The van der Waals surface area contributed by atoms with Gasteiger partial charge < -0.3 is 10.3 Å². The first-order valence-electron chi connectivity index (χ1n) is 5.39. The van der Waals surface area contributed by atoms with Crippen molar-refractivity contribution < 1.29 is 4.92 Å². The third-order valence-corrected chi connectivity index (χ3v) is 2.82. The Bertz CT molecular complexity index is 605. The van der Waals surface area contributed by atoms with Crippen molar-refractivity contribution in [3.05, 3.63) is 39.7 Å². The van der Waals surface area contributed by atoms with Gasteiger partial charge in [0.15, 0.2) is 5.82 Å². The Balaban J connectivity index is 2.70. The van der Waals surface area contributed by atoms with Gasteiger partial charge in [0.05, 0.1) is 17.0 Å². The smallest absolute Gasteiger partial charge is 0.280 e. The summed E-state index contributed by atoms with van der Waals surface area (Å²) in [5.41, 5.74) is 6.81. The van der Waals surface area contributed by atoms with E-state index in [0.29, 0.717) is 17.2 Å². The lowest BCUT2D eigenvalue weighted by Gasteiger charge is -2.06. The molecule has 0 saturated heterocycles. The summed E-state index contributed by atoms with van der Waals surface area (Å²) in [4.78, 5) is 10.6. The SMILES string of the molecule is Cc1cccc([N+](=O)[O-])c1-c1nnc(CN)n1C. The summed E-state index contributed by atoms with van der Waals surface area (Å²) in [7, 11) is 1.74. The van der Waals surface area contributed by atoms with Gasteiger partial charge in [-0.05, 0) is 12.5 Å². The van der Waals surface area contributed by atoms with Crippen LogP contribution in [-0.2, 0) is 13.6 Å². The second kappa shape index (κ2) is 4.53. The Morgan fingerprint density at radius 2 is 2.17 bits per heavy atom. The molecule has 0 aliphatic rings. The van der Waals surface area contributed by atoms with Crippen molar-refractivity contribution in [1.82, 2.24) is 14.8 Å². The molecule has 1 aromatic carbocycles. The molecule has 7 nitrogen and oxygen atoms in total. The van der Waals surface area contributed by atoms with E-state index in [-0.39, 0.29) is 12.2 Å². The first-order valence-corrected chi connectivity index (χ1v) is 5.39. The van der Waals surface area contributed by atoms with Gasteiger partial charge >= 0.3 is 0 Å². The maximum absolute atomic E-state index is 11.1. The number of nitrogens with two attached hydrogens (primary N) is 1. The highest BCUT2D eigenvalue weighted by Crippen LogP contribution is 2.31. The minimum atomic E-state index is -0.418. The van der Waals surface area contributed by atoms with Gasteiger partial charge in [-0.25, -0.2) is 0 Å². The molecule has 2 aromatic rings. The van der Waals surface area contributed by atoms with E-state index in [0.717, 1.165) is 5.56 Å². The van der Waals surface area contributed by atoms with E-state index in [9.17, 15) is 10.1 Å². The van der Waals surface area contributed by atoms with Gasteiger partial charge in [-0.15, -0.1) is 10.2 Å². The molecular weight excluding hydrogens is 234 g/mol. The van der Waals surface area contributed by atoms with Crippen molar-refractivity contribution in [2.24, 2.45) is 12.8 Å². The molecule has 2 rings (SSSR count). The predicted molar refractivity (Wildman–Crippen MR) is 65.7 cm³/mol. The van der Waals surface area contributed by atoms with Gasteiger partial charge in [-0.2, -0.15) is 0 Å². The van der Waals surface area contributed by atoms with Crippen LogP contribution in [0.25, 0.3) is 11.4 Å². The molecule has 2 N–H and O–H groups in total. The minimum absolute atomic E-state index is 0.0223. The second-order valence-corrected chi connectivity index (χ2v) is 3.93. The van der Waals surface area contributed by atoms with Crippen LogP contribution in [0.5, 0.6) is 0 Å². The zero-order chi connectivity index (χ0) is 13.3. The van der Waals surface area contributed by atoms with Crippen molar-refractivity contribution >= 4 is 5.69 Å². The van der Waals surface area contributed by atoms with Crippen LogP contribution in [0.4, 0.5) is 5.69 Å². The Kier molecular flexibility index (Phi) is 3.07. The summed E-state index contributed by atoms with van der Waals surface area (Å²) < 4.78 is 1.68. The zero-order valence-electron chi connectivity index (χ0n) is 10.1. The largest absolute Gasteiger partial charge is 0.324 e. The summed E-state index contributed by atoms with van der Waals surface area (Å²) in [6, 6.07) is 4.91. The number of nitro groups is 1. The molecule has 0 saturated carbocycles. The van der Waals surface area contributed by atoms with Crippen LogP contribution in [0.1, 0.15) is 11.4 Å². The third kappa shape index (κ3) is 1.84. The van der Waals surface area contributed by atoms with Crippen molar-refractivity contribution in [3.8, 4) is 11.4 Å². The second-order valence-electron chi connectivity index (χ2n) is 3.93. The number of hydrogen-bond donors (Lipinski definition) is 1. The molecule has 18 heavy (non-hydrogen) atoms. The number of benzene rings is 1. The predicted octanol–water partition coefficient (Wildman–Crippen LogP) is 1.16. The van der Waals surface area contributed by atoms with Crippen LogP contribution in [0.3, 0.4) is 0 Å². The number of aryl methyl sites for hydroxylation is 1. The van der Waals surface area contributed by atoms with Crippen LogP contribution in [0, 0.1) is 17.0 Å². The summed E-state index contributed by atoms with van der Waals surface area (Å²) in [5, 5.41) is 19.0. The highest BCUT2D eigenvalue weighted by Gasteiger charge is 2.22. The minimum Gasteiger partial charge on any atom is -0.324 e. The fraction of sp³-hybridized carbons (Fsp3) is 0.273. The lowest BCUT2D eigenvalue weighted by Crippen LogP contribution is -2.06. The molecule has 0 radical (unpaired) electrons. The Labute approximate surface area is 103 Å². The molecule has 0 bridgehead atoms. The van der Waals surface area contributed by atoms with Crippen LogP contribution in [0.2, 0.25) is 0 Å². The molecule has 0 aliphatic heterocycles. The molecule has 0 unspecified atom stereocenters. The quantitative estimate of drug-likeness (QED) is 0.648. The van der Waals surface area contributed by atoms with E-state index in [4.69, 9.17) is 5.73 Å². The van der Waals surface area contributed by atoms with E-state index in [1.54, 1.807) is 30.7 Å². The Hall–Kier alpha value is -2.28. The van der Waals surface area contributed by atoms with Crippen LogP contribution in [-0.4, -0.2) is 19.7 Å². The molecule has 0 atom stereocenters. The van der Waals surface area contributed by atoms with E-state index < -0.39 is 4.92 Å². The number of rotatable bonds is 3. The van der Waals surface area contributed by atoms with Gasteiger partial charge in [0.2, 0.25) is 0 Å². The number of hydrogen-bond acceptors (Lipinski definition) is 5. The molecule has 0 amide bonds. The van der Waals surface area contributed by atoms with Crippen LogP contribution >= 0.6 is 0 Å². The van der Waals surface area contributed by atoms with Gasteiger partial charge in [0.25, 0.3) is 5.69 Å². The summed E-state index contributed by atoms with van der Waals surface area (Å²) in [6.07, 6.45) is 0. The summed E-state index contributed by atoms with van der Waals surface area (Å²) in [5.74, 6) is 1.04. The van der Waals surface area contributed by atoms with Gasteiger partial charge in [0.1, 0.15) is 5.82 Å². The normalized spacial score (nSPS) is 10.6. The monoisotopic (exact) mass is 247 g/mol. The van der Waals surface area contributed by atoms with Crippen molar-refractivity contribution in [2.75, 3.05) is 0 Å². The molecule has 0 fully saturated rings. The van der Waals surface area contributed by atoms with Crippen molar-refractivity contribution in [2.45, 2.75) is 13.5 Å². The van der Waals surface area contributed by atoms with Crippen LogP contribution in [0.15, 0.2) is 18.2 Å². The lowest BCUT2D eigenvalue weighted by atomic mass is 10.1. The Morgan fingerprint density at radius 3 is 2.72 bits per heavy atom. The van der Waals surface area contributed by atoms with Gasteiger partial charge in [-0.3, -0.25) is 10.1 Å². The first kappa shape index (κ1) is 12.2. The topological polar surface area (TPSA) is 99.9 Å². The number of nitro benzene ring substituents is 1. The summed E-state index contributed by atoms with van der Waals surface area (Å²) in [6.45, 7) is 2.04. The maximum atomic E-state index is 11.1. The fourth-order valence-corrected chi connectivity index (χ4v) is 1.85. The highest BCUT2D eigenvalue weighted by atomic mass is 16.6. The van der Waals surface area contributed by atoms with E-state index in [1.165, 1.54) is 6.07 Å². The van der Waals surface area contributed by atoms with Gasteiger partial charge in [-0.1, -0.05) is 12.1 Å². The molecule has 1 aromatic heterocycles. The highest BCUT2D eigenvalue weighted by molar-refractivity contribution is 5.71. The molecule has 1 heterocycles. The molecular formula is C11H13N5O2. The number of aromatic nitrogens is 3. The fourth-order valence-electron chi connectivity index (χ4n) is 1.85. The van der Waals surface area contributed by atoms with Gasteiger partial charge in [0, 0.05) is 13.1 Å². The average Bonchev–Trinajstić information content (AvgIpc) is 2.70. The third-order valence-electron chi connectivity index (χ3n) is 2.82. The standard InChI is InChI=1S/C11H13N5O2/c1-7-4-3-5-8(16(17)18)10(7)11-14-13-9(6-12)15(11)2/h3-5H,6,12H2,1-2H3. The average molecular weight is 247 g/mol. The molecule has 94 valence electrons. The first-order chi connectivity index (χ1) is 8.56. The maximum Gasteiger partial charge on any atom is 0.280 e. The van der Waals surface area contributed by atoms with E-state index >= 15 is 0 Å². The molecule has 7 heteroatoms. The zero-order valence-corrected chi connectivity index (χ0v) is 10.1. The van der Waals surface area contributed by atoms with Crippen LogP contribution < -0.4 is 5.73 Å². The van der Waals surface area contributed by atoms with Crippen molar-refractivity contribution in [3.63, 3.8) is 0 Å². The number of nitrogens with zero attached hydrogens (tertiary/aromatic N) is 4. The lowest BCUT2D eigenvalue weighted by molar-refractivity contribution is -0.384.